The molecule has 3 aliphatic carbocycles. The van der Waals surface area contributed by atoms with E-state index in [0.29, 0.717) is 22.7 Å². The van der Waals surface area contributed by atoms with Crippen LogP contribution < -0.4 is 0 Å². The van der Waals surface area contributed by atoms with Crippen LogP contribution in [0.25, 0.3) is 0 Å². The number of aliphatic hydroxyl groups excluding tert-OH is 1. The molecule has 0 radical (unpaired) electrons. The fourth-order valence-electron chi connectivity index (χ4n) is 8.38. The first-order valence-electron chi connectivity index (χ1n) is 10.6. The van der Waals surface area contributed by atoms with Gasteiger partial charge in [-0.05, 0) is 80.0 Å². The second kappa shape index (κ2) is 5.27. The maximum Gasteiger partial charge on any atom is 0.109 e. The number of fused-ring (bicyclic) bond motifs is 3. The molecule has 3 saturated carbocycles. The lowest BCUT2D eigenvalue weighted by atomic mass is 9.42. The molecule has 142 valence electrons. The van der Waals surface area contributed by atoms with Crippen LogP contribution in [-0.2, 0) is 4.74 Å². The zero-order valence-corrected chi connectivity index (χ0v) is 17.0. The summed E-state index contributed by atoms with van der Waals surface area (Å²) in [6.07, 6.45) is 9.41. The average molecular weight is 347 g/mol. The Morgan fingerprint density at radius 3 is 2.08 bits per heavy atom. The first-order chi connectivity index (χ1) is 11.5. The predicted molar refractivity (Wildman–Crippen MR) is 102 cm³/mol. The lowest BCUT2D eigenvalue weighted by Gasteiger charge is -2.63. The molecule has 1 unspecified atom stereocenters. The minimum atomic E-state index is -0.133. The molecule has 0 bridgehead atoms. The van der Waals surface area contributed by atoms with E-state index < -0.39 is 0 Å². The molecule has 4 aliphatic rings. The molecule has 25 heavy (non-hydrogen) atoms. The van der Waals surface area contributed by atoms with Gasteiger partial charge in [0.1, 0.15) is 5.60 Å². The predicted octanol–water partition coefficient (Wildman–Crippen LogP) is 5.70. The highest BCUT2D eigenvalue weighted by Crippen LogP contribution is 2.71. The summed E-state index contributed by atoms with van der Waals surface area (Å²) in [5.74, 6) is 3.06. The summed E-state index contributed by atoms with van der Waals surface area (Å²) in [7, 11) is 0. The van der Waals surface area contributed by atoms with E-state index in [2.05, 4.69) is 41.2 Å². The van der Waals surface area contributed by atoms with Crippen LogP contribution in [0.15, 0.2) is 12.3 Å². The molecule has 1 aliphatic heterocycles. The molecule has 0 aromatic heterocycles. The van der Waals surface area contributed by atoms with Gasteiger partial charge in [0, 0.05) is 12.3 Å². The van der Waals surface area contributed by atoms with Gasteiger partial charge in [0.25, 0.3) is 0 Å². The lowest BCUT2D eigenvalue weighted by Crippen LogP contribution is -2.59. The van der Waals surface area contributed by atoms with E-state index in [1.54, 1.807) is 0 Å². The van der Waals surface area contributed by atoms with Crippen molar-refractivity contribution < 1.29 is 9.84 Å². The molecule has 2 heteroatoms. The first-order valence-corrected chi connectivity index (χ1v) is 10.6. The summed E-state index contributed by atoms with van der Waals surface area (Å²) in [4.78, 5) is 0. The summed E-state index contributed by atoms with van der Waals surface area (Å²) in [6, 6.07) is 0. The van der Waals surface area contributed by atoms with Crippen molar-refractivity contribution in [3.63, 3.8) is 0 Å². The van der Waals surface area contributed by atoms with Crippen molar-refractivity contribution >= 4 is 0 Å². The van der Waals surface area contributed by atoms with Gasteiger partial charge in [-0.2, -0.15) is 0 Å². The SMILES string of the molecule is C=C1CC[C@@](C)([C@H]2CCC3[C@@]2(C)CC[C@H]2C(C)(C)[C@@H](O)CC[C@]32C)O1. The number of hydrogen-bond acceptors (Lipinski definition) is 2. The van der Waals surface area contributed by atoms with Gasteiger partial charge in [0.2, 0.25) is 0 Å². The summed E-state index contributed by atoms with van der Waals surface area (Å²) in [5.41, 5.74) is 0.793. The highest BCUT2D eigenvalue weighted by Gasteiger charge is 2.66. The van der Waals surface area contributed by atoms with E-state index in [-0.39, 0.29) is 17.1 Å². The Hall–Kier alpha value is -0.500. The molecule has 7 atom stereocenters. The Morgan fingerprint density at radius 2 is 1.44 bits per heavy atom. The molecule has 0 amide bonds. The van der Waals surface area contributed by atoms with Gasteiger partial charge in [0.15, 0.2) is 0 Å². The molecule has 1 heterocycles. The fraction of sp³-hybridized carbons (Fsp3) is 0.913. The normalized spacial score (nSPS) is 54.7. The molecular formula is C23H38O2. The Balaban J connectivity index is 1.68. The molecule has 4 fully saturated rings. The van der Waals surface area contributed by atoms with Gasteiger partial charge in [-0.3, -0.25) is 0 Å². The van der Waals surface area contributed by atoms with Crippen molar-refractivity contribution in [3.05, 3.63) is 12.3 Å². The third-order valence-corrected chi connectivity index (χ3v) is 9.63. The second-order valence-corrected chi connectivity index (χ2v) is 11.1. The quantitative estimate of drug-likeness (QED) is 0.660. The third kappa shape index (κ3) is 2.25. The van der Waals surface area contributed by atoms with E-state index in [9.17, 15) is 5.11 Å². The van der Waals surface area contributed by atoms with Crippen molar-refractivity contribution in [2.24, 2.45) is 34.0 Å². The summed E-state index contributed by atoms with van der Waals surface area (Å²) < 4.78 is 6.34. The Bertz CT molecular complexity index is 581. The first kappa shape index (κ1) is 17.9. The minimum absolute atomic E-state index is 0.00647. The number of ether oxygens (including phenoxy) is 1. The molecule has 0 spiro atoms. The van der Waals surface area contributed by atoms with E-state index in [0.717, 1.165) is 30.9 Å². The van der Waals surface area contributed by atoms with Crippen molar-refractivity contribution in [1.29, 1.82) is 0 Å². The van der Waals surface area contributed by atoms with E-state index >= 15 is 0 Å². The Morgan fingerprint density at radius 1 is 0.840 bits per heavy atom. The van der Waals surface area contributed by atoms with Gasteiger partial charge in [-0.1, -0.05) is 34.3 Å². The van der Waals surface area contributed by atoms with Crippen LogP contribution >= 0.6 is 0 Å². The van der Waals surface area contributed by atoms with Crippen LogP contribution in [0.4, 0.5) is 0 Å². The number of allylic oxidation sites excluding steroid dienone is 1. The summed E-state index contributed by atoms with van der Waals surface area (Å²) in [6.45, 7) is 16.2. The van der Waals surface area contributed by atoms with Gasteiger partial charge in [0.05, 0.1) is 11.9 Å². The molecule has 0 aromatic carbocycles. The standard InChI is InChI=1S/C23H38O2/c1-15-9-14-23(6,25-15)18-8-7-17-21(4)13-11-19(24)20(2,3)16(21)10-12-22(17,18)5/h16-19,24H,1,7-14H2,2-6H3/t16-,17?,18-,19-,21-,22+,23-/m0/s1. The van der Waals surface area contributed by atoms with Crippen LogP contribution in [0.1, 0.15) is 86.0 Å². The molecular weight excluding hydrogens is 308 g/mol. The van der Waals surface area contributed by atoms with Crippen molar-refractivity contribution in [2.75, 3.05) is 0 Å². The maximum absolute atomic E-state index is 10.7. The third-order valence-electron chi connectivity index (χ3n) is 9.63. The summed E-state index contributed by atoms with van der Waals surface area (Å²) in [5, 5.41) is 10.7. The van der Waals surface area contributed by atoms with Crippen LogP contribution in [0, 0.1) is 34.0 Å². The number of hydrogen-bond donors (Lipinski definition) is 1. The van der Waals surface area contributed by atoms with Crippen LogP contribution in [0.2, 0.25) is 0 Å². The van der Waals surface area contributed by atoms with E-state index in [1.165, 1.54) is 32.1 Å². The van der Waals surface area contributed by atoms with Crippen molar-refractivity contribution in [2.45, 2.75) is 97.7 Å². The monoisotopic (exact) mass is 346 g/mol. The summed E-state index contributed by atoms with van der Waals surface area (Å²) >= 11 is 0. The zero-order valence-electron chi connectivity index (χ0n) is 17.0. The Labute approximate surface area is 154 Å². The lowest BCUT2D eigenvalue weighted by molar-refractivity contribution is -0.179. The molecule has 1 saturated heterocycles. The van der Waals surface area contributed by atoms with E-state index in [1.807, 2.05) is 0 Å². The van der Waals surface area contributed by atoms with Gasteiger partial charge in [-0.25, -0.2) is 0 Å². The maximum atomic E-state index is 10.7. The highest BCUT2D eigenvalue weighted by atomic mass is 16.5. The van der Waals surface area contributed by atoms with Crippen LogP contribution in [-0.4, -0.2) is 16.8 Å². The molecule has 4 rings (SSSR count). The largest absolute Gasteiger partial charge is 0.492 e. The van der Waals surface area contributed by atoms with Crippen LogP contribution in [0.5, 0.6) is 0 Å². The second-order valence-electron chi connectivity index (χ2n) is 11.1. The average Bonchev–Trinajstić information content (AvgIpc) is 3.05. The smallest absolute Gasteiger partial charge is 0.109 e. The van der Waals surface area contributed by atoms with Gasteiger partial charge < -0.3 is 9.84 Å². The molecule has 1 N–H and O–H groups in total. The zero-order chi connectivity index (χ0) is 18.3. The molecule has 0 aromatic rings. The van der Waals surface area contributed by atoms with Crippen molar-refractivity contribution in [3.8, 4) is 0 Å². The highest BCUT2D eigenvalue weighted by molar-refractivity contribution is 5.16. The Kier molecular flexibility index (Phi) is 3.77. The number of aliphatic hydroxyl groups is 1. The molecule has 2 nitrogen and oxygen atoms in total. The topological polar surface area (TPSA) is 29.5 Å². The number of rotatable bonds is 1. The van der Waals surface area contributed by atoms with E-state index in [4.69, 9.17) is 4.74 Å². The van der Waals surface area contributed by atoms with Crippen molar-refractivity contribution in [1.82, 2.24) is 0 Å². The van der Waals surface area contributed by atoms with Gasteiger partial charge >= 0.3 is 0 Å². The van der Waals surface area contributed by atoms with Crippen LogP contribution in [0.3, 0.4) is 0 Å². The minimum Gasteiger partial charge on any atom is -0.492 e. The van der Waals surface area contributed by atoms with Gasteiger partial charge in [-0.15, -0.1) is 0 Å². The fourth-order valence-corrected chi connectivity index (χ4v) is 8.38.